The van der Waals surface area contributed by atoms with Crippen molar-refractivity contribution >= 4 is 17.0 Å². The van der Waals surface area contributed by atoms with Gasteiger partial charge < -0.3 is 25.3 Å². The summed E-state index contributed by atoms with van der Waals surface area (Å²) in [5, 5.41) is 15.2. The lowest BCUT2D eigenvalue weighted by Crippen LogP contribution is -2.46. The molecule has 0 saturated carbocycles. The molecule has 1 saturated heterocycles. The molecule has 3 aromatic rings. The van der Waals surface area contributed by atoms with E-state index >= 15 is 0 Å². The van der Waals surface area contributed by atoms with Crippen LogP contribution >= 0.6 is 0 Å². The minimum atomic E-state index is -0.883. The van der Waals surface area contributed by atoms with Crippen LogP contribution in [0.2, 0.25) is 0 Å². The van der Waals surface area contributed by atoms with Crippen molar-refractivity contribution in [2.24, 2.45) is 7.05 Å². The highest BCUT2D eigenvalue weighted by molar-refractivity contribution is 5.82. The van der Waals surface area contributed by atoms with Gasteiger partial charge in [0.05, 0.1) is 11.6 Å². The van der Waals surface area contributed by atoms with E-state index < -0.39 is 23.7 Å². The standard InChI is InChI=1S/C23H23FN4O4.H2O/c1-28-19-11-15(5-6-20(19)32-23(28)30)14-3-4-16(18(24)10-14)9-17(12-25)27-22(29)21-13-26-7-2-8-31-21;/h3-6,10-11,17,21,26H,2,7-9,13H2,1H3,(H,27,29);1H2/t17-,21-;/m0./s1. The smallest absolute Gasteiger partial charge is 0.412 e. The molecule has 0 bridgehead atoms. The van der Waals surface area contributed by atoms with Gasteiger partial charge in [-0.05, 0) is 47.9 Å². The van der Waals surface area contributed by atoms with Crippen LogP contribution in [0, 0.1) is 17.1 Å². The fourth-order valence-corrected chi connectivity index (χ4v) is 3.70. The second-order valence-corrected chi connectivity index (χ2v) is 7.73. The molecule has 2 aromatic carbocycles. The summed E-state index contributed by atoms with van der Waals surface area (Å²) < 4.78 is 26.9. The molecule has 2 atom stereocenters. The predicted molar refractivity (Wildman–Crippen MR) is 119 cm³/mol. The molecule has 4 rings (SSSR count). The highest BCUT2D eigenvalue weighted by Crippen LogP contribution is 2.26. The van der Waals surface area contributed by atoms with Crippen molar-refractivity contribution < 1.29 is 23.8 Å². The predicted octanol–water partition coefficient (Wildman–Crippen LogP) is 1.04. The summed E-state index contributed by atoms with van der Waals surface area (Å²) in [6.07, 6.45) is 0.172. The number of carbonyl (C=O) groups excluding carboxylic acids is 1. The molecule has 0 radical (unpaired) electrons. The monoisotopic (exact) mass is 456 g/mol. The molecule has 0 aliphatic carbocycles. The van der Waals surface area contributed by atoms with Crippen molar-refractivity contribution in [3.05, 3.63) is 58.3 Å². The van der Waals surface area contributed by atoms with E-state index in [1.54, 1.807) is 37.4 Å². The van der Waals surface area contributed by atoms with Crippen LogP contribution in [0.5, 0.6) is 0 Å². The molecule has 10 heteroatoms. The van der Waals surface area contributed by atoms with E-state index in [9.17, 15) is 19.2 Å². The fourth-order valence-electron chi connectivity index (χ4n) is 3.70. The molecule has 9 nitrogen and oxygen atoms in total. The van der Waals surface area contributed by atoms with Crippen LogP contribution in [-0.4, -0.2) is 47.8 Å². The third-order valence-corrected chi connectivity index (χ3v) is 5.51. The van der Waals surface area contributed by atoms with E-state index in [1.807, 2.05) is 6.07 Å². The van der Waals surface area contributed by atoms with Gasteiger partial charge >= 0.3 is 5.76 Å². The summed E-state index contributed by atoms with van der Waals surface area (Å²) >= 11 is 0. The second-order valence-electron chi connectivity index (χ2n) is 7.73. The number of hydrogen-bond donors (Lipinski definition) is 2. The van der Waals surface area contributed by atoms with E-state index in [-0.39, 0.29) is 17.8 Å². The number of nitriles is 1. The lowest BCUT2D eigenvalue weighted by molar-refractivity contribution is -0.132. The van der Waals surface area contributed by atoms with Crippen LogP contribution in [0.4, 0.5) is 4.39 Å². The minimum absolute atomic E-state index is 0. The SMILES string of the molecule is Cn1c(=O)oc2ccc(-c3ccc(C[C@@H](C#N)NC(=O)[C@@H]4CNCCCO4)c(F)c3)cc21.O. The molecule has 1 aromatic heterocycles. The normalized spacial score (nSPS) is 16.9. The summed E-state index contributed by atoms with van der Waals surface area (Å²) in [6.45, 7) is 1.61. The molecule has 4 N–H and O–H groups in total. The van der Waals surface area contributed by atoms with E-state index in [4.69, 9.17) is 9.15 Å². The zero-order valence-corrected chi connectivity index (χ0v) is 18.1. The Morgan fingerprint density at radius 3 is 2.85 bits per heavy atom. The Bertz CT molecular complexity index is 1240. The van der Waals surface area contributed by atoms with E-state index in [0.29, 0.717) is 35.4 Å². The van der Waals surface area contributed by atoms with E-state index in [2.05, 4.69) is 10.6 Å². The zero-order valence-electron chi connectivity index (χ0n) is 18.1. The number of rotatable bonds is 5. The van der Waals surface area contributed by atoms with Crippen LogP contribution in [0.3, 0.4) is 0 Å². The van der Waals surface area contributed by atoms with Gasteiger partial charge in [0.2, 0.25) is 0 Å². The largest absolute Gasteiger partial charge is 0.419 e. The molecule has 33 heavy (non-hydrogen) atoms. The van der Waals surface area contributed by atoms with Gasteiger partial charge in [0.25, 0.3) is 5.91 Å². The summed E-state index contributed by atoms with van der Waals surface area (Å²) in [6, 6.07) is 11.0. The average Bonchev–Trinajstić information content (AvgIpc) is 2.97. The van der Waals surface area contributed by atoms with Crippen molar-refractivity contribution in [1.29, 1.82) is 5.26 Å². The van der Waals surface area contributed by atoms with Gasteiger partial charge in [0.15, 0.2) is 5.58 Å². The molecular formula is C23H25FN4O5. The Hall–Kier alpha value is -3.52. The van der Waals surface area contributed by atoms with Crippen LogP contribution < -0.4 is 16.4 Å². The number of nitrogens with one attached hydrogen (secondary N) is 2. The number of halogens is 1. The number of carbonyl (C=O) groups is 1. The van der Waals surface area contributed by atoms with E-state index in [1.165, 1.54) is 10.6 Å². The fraction of sp³-hybridized carbons (Fsp3) is 0.348. The van der Waals surface area contributed by atoms with Gasteiger partial charge in [-0.3, -0.25) is 9.36 Å². The minimum Gasteiger partial charge on any atom is -0.412 e. The molecule has 174 valence electrons. The summed E-state index contributed by atoms with van der Waals surface area (Å²) in [5.74, 6) is -1.33. The molecule has 0 unspecified atom stereocenters. The number of hydrogen-bond acceptors (Lipinski definition) is 6. The number of ether oxygens (including phenoxy) is 1. The van der Waals surface area contributed by atoms with Crippen LogP contribution in [0.15, 0.2) is 45.6 Å². The zero-order chi connectivity index (χ0) is 22.7. The highest BCUT2D eigenvalue weighted by atomic mass is 19.1. The number of oxazole rings is 1. The maximum Gasteiger partial charge on any atom is 0.419 e. The van der Waals surface area contributed by atoms with Crippen molar-refractivity contribution in [3.8, 4) is 17.2 Å². The molecule has 1 aliphatic heterocycles. The van der Waals surface area contributed by atoms with Crippen LogP contribution in [-0.2, 0) is 23.0 Å². The number of aromatic nitrogens is 1. The topological polar surface area (TPSA) is 141 Å². The first-order valence-electron chi connectivity index (χ1n) is 10.4. The number of aryl methyl sites for hydroxylation is 1. The van der Waals surface area contributed by atoms with Gasteiger partial charge in [0.1, 0.15) is 18.0 Å². The Morgan fingerprint density at radius 1 is 1.33 bits per heavy atom. The maximum absolute atomic E-state index is 14.8. The van der Waals surface area contributed by atoms with Gasteiger partial charge in [-0.1, -0.05) is 18.2 Å². The summed E-state index contributed by atoms with van der Waals surface area (Å²) in [5.41, 5.74) is 2.73. The number of benzene rings is 2. The summed E-state index contributed by atoms with van der Waals surface area (Å²) in [4.78, 5) is 24.1. The number of amides is 1. The van der Waals surface area contributed by atoms with Crippen molar-refractivity contribution in [2.75, 3.05) is 19.7 Å². The van der Waals surface area contributed by atoms with Gasteiger partial charge in [-0.25, -0.2) is 9.18 Å². The Labute approximate surface area is 189 Å². The average molecular weight is 456 g/mol. The maximum atomic E-state index is 14.8. The van der Waals surface area contributed by atoms with Crippen LogP contribution in [0.25, 0.3) is 22.2 Å². The first-order chi connectivity index (χ1) is 15.5. The number of fused-ring (bicyclic) bond motifs is 1. The molecule has 2 heterocycles. The Morgan fingerprint density at radius 2 is 2.09 bits per heavy atom. The number of nitrogens with zero attached hydrogens (tertiary/aromatic N) is 2. The molecule has 0 spiro atoms. The Kier molecular flexibility index (Phi) is 7.60. The molecular weight excluding hydrogens is 431 g/mol. The van der Waals surface area contributed by atoms with Crippen molar-refractivity contribution in [1.82, 2.24) is 15.2 Å². The molecule has 1 aliphatic rings. The molecule has 1 amide bonds. The highest BCUT2D eigenvalue weighted by Gasteiger charge is 2.24. The van der Waals surface area contributed by atoms with Gasteiger partial charge in [-0.15, -0.1) is 0 Å². The quantitative estimate of drug-likeness (QED) is 0.588. The van der Waals surface area contributed by atoms with Gasteiger partial charge in [0, 0.05) is 26.6 Å². The third kappa shape index (κ3) is 5.28. The second kappa shape index (κ2) is 10.4. The van der Waals surface area contributed by atoms with Crippen LogP contribution in [0.1, 0.15) is 12.0 Å². The Balaban J connectivity index is 0.00000306. The lowest BCUT2D eigenvalue weighted by atomic mass is 10.00. The lowest BCUT2D eigenvalue weighted by Gasteiger charge is -2.18. The van der Waals surface area contributed by atoms with E-state index in [0.717, 1.165) is 18.5 Å². The molecule has 1 fully saturated rings. The first-order valence-corrected chi connectivity index (χ1v) is 10.4. The third-order valence-electron chi connectivity index (χ3n) is 5.51. The van der Waals surface area contributed by atoms with Crippen molar-refractivity contribution in [3.63, 3.8) is 0 Å². The summed E-state index contributed by atoms with van der Waals surface area (Å²) in [7, 11) is 1.61. The van der Waals surface area contributed by atoms with Crippen molar-refractivity contribution in [2.45, 2.75) is 25.0 Å². The first kappa shape index (κ1) is 24.1. The van der Waals surface area contributed by atoms with Gasteiger partial charge in [-0.2, -0.15) is 5.26 Å².